The molecule has 0 unspecified atom stereocenters. The predicted molar refractivity (Wildman–Crippen MR) is 54.9 cm³/mol. The molecule has 2 N–H and O–H groups in total. The van der Waals surface area contributed by atoms with E-state index >= 15 is 0 Å². The van der Waals surface area contributed by atoms with Crippen molar-refractivity contribution in [2.24, 2.45) is 7.05 Å². The number of nitrogens with two attached hydrogens (primary N) is 1. The number of rotatable bonds is 3. The van der Waals surface area contributed by atoms with Gasteiger partial charge >= 0.3 is 0 Å². The lowest BCUT2D eigenvalue weighted by atomic mass is 9.77. The second-order valence-electron chi connectivity index (χ2n) is 4.10. The SMILES string of the molecule is COC1(Cc2cc(N)n(C)n2)CCC1. The summed E-state index contributed by atoms with van der Waals surface area (Å²) >= 11 is 0. The normalized spacial score (nSPS) is 19.3. The van der Waals surface area contributed by atoms with E-state index in [4.69, 9.17) is 10.5 Å². The van der Waals surface area contributed by atoms with Gasteiger partial charge < -0.3 is 10.5 Å². The fourth-order valence-corrected chi connectivity index (χ4v) is 1.98. The lowest BCUT2D eigenvalue weighted by molar-refractivity contribution is -0.0715. The number of hydrogen-bond acceptors (Lipinski definition) is 3. The molecule has 0 amide bonds. The summed E-state index contributed by atoms with van der Waals surface area (Å²) in [4.78, 5) is 0. The topological polar surface area (TPSA) is 53.1 Å². The molecule has 1 fully saturated rings. The van der Waals surface area contributed by atoms with Crippen LogP contribution in [0.2, 0.25) is 0 Å². The Hall–Kier alpha value is -1.03. The highest BCUT2D eigenvalue weighted by atomic mass is 16.5. The van der Waals surface area contributed by atoms with Gasteiger partial charge in [0.05, 0.1) is 11.3 Å². The maximum absolute atomic E-state index is 5.72. The van der Waals surface area contributed by atoms with Crippen LogP contribution >= 0.6 is 0 Å². The highest BCUT2D eigenvalue weighted by Gasteiger charge is 2.37. The Morgan fingerprint density at radius 1 is 1.64 bits per heavy atom. The van der Waals surface area contributed by atoms with E-state index in [0.29, 0.717) is 5.82 Å². The summed E-state index contributed by atoms with van der Waals surface area (Å²) in [5, 5.41) is 4.34. The van der Waals surface area contributed by atoms with Gasteiger partial charge in [-0.15, -0.1) is 0 Å². The Balaban J connectivity index is 2.09. The monoisotopic (exact) mass is 195 g/mol. The van der Waals surface area contributed by atoms with Gasteiger partial charge in [-0.3, -0.25) is 4.68 Å². The van der Waals surface area contributed by atoms with Crippen molar-refractivity contribution in [1.82, 2.24) is 9.78 Å². The first-order valence-corrected chi connectivity index (χ1v) is 4.99. The summed E-state index contributed by atoms with van der Waals surface area (Å²) in [6, 6.07) is 1.93. The first-order valence-electron chi connectivity index (χ1n) is 4.99. The molecule has 1 heterocycles. The van der Waals surface area contributed by atoms with Gasteiger partial charge in [-0.05, 0) is 19.3 Å². The third-order valence-corrected chi connectivity index (χ3v) is 3.17. The molecule has 0 spiro atoms. The van der Waals surface area contributed by atoms with Crippen molar-refractivity contribution >= 4 is 5.82 Å². The number of aromatic nitrogens is 2. The number of nitrogen functional groups attached to an aromatic ring is 1. The van der Waals surface area contributed by atoms with Gasteiger partial charge in [0, 0.05) is 26.6 Å². The number of nitrogens with zero attached hydrogens (tertiary/aromatic N) is 2. The van der Waals surface area contributed by atoms with Crippen LogP contribution in [0.25, 0.3) is 0 Å². The Kier molecular flexibility index (Phi) is 2.23. The molecule has 1 aliphatic carbocycles. The largest absolute Gasteiger partial charge is 0.384 e. The summed E-state index contributed by atoms with van der Waals surface area (Å²) in [6.45, 7) is 0. The minimum absolute atomic E-state index is 0.0425. The second-order valence-corrected chi connectivity index (χ2v) is 4.10. The van der Waals surface area contributed by atoms with E-state index in [-0.39, 0.29) is 5.60 Å². The summed E-state index contributed by atoms with van der Waals surface area (Å²) in [5.41, 5.74) is 6.80. The predicted octanol–water partition coefficient (Wildman–Crippen LogP) is 1.11. The van der Waals surface area contributed by atoms with Crippen molar-refractivity contribution in [2.45, 2.75) is 31.3 Å². The molecule has 1 aliphatic rings. The number of methoxy groups -OCH3 is 1. The third kappa shape index (κ3) is 1.50. The zero-order chi connectivity index (χ0) is 10.2. The van der Waals surface area contributed by atoms with Gasteiger partial charge in [0.2, 0.25) is 0 Å². The van der Waals surface area contributed by atoms with E-state index in [0.717, 1.165) is 25.0 Å². The molecule has 0 aliphatic heterocycles. The molecular formula is C10H17N3O. The molecule has 0 atom stereocenters. The lowest BCUT2D eigenvalue weighted by Gasteiger charge is -2.40. The van der Waals surface area contributed by atoms with Crippen molar-refractivity contribution < 1.29 is 4.74 Å². The molecular weight excluding hydrogens is 178 g/mol. The highest BCUT2D eigenvalue weighted by molar-refractivity contribution is 5.31. The Morgan fingerprint density at radius 2 is 2.36 bits per heavy atom. The highest BCUT2D eigenvalue weighted by Crippen LogP contribution is 2.37. The zero-order valence-electron chi connectivity index (χ0n) is 8.79. The Bertz CT molecular complexity index is 303. The van der Waals surface area contributed by atoms with E-state index in [1.54, 1.807) is 11.8 Å². The van der Waals surface area contributed by atoms with E-state index in [2.05, 4.69) is 5.10 Å². The molecule has 1 aromatic heterocycles. The van der Waals surface area contributed by atoms with Gasteiger partial charge in [-0.25, -0.2) is 0 Å². The molecule has 0 radical (unpaired) electrons. The maximum atomic E-state index is 5.72. The third-order valence-electron chi connectivity index (χ3n) is 3.17. The standard InChI is InChI=1S/C10H17N3O/c1-13-9(11)6-8(12-13)7-10(14-2)4-3-5-10/h6H,3-5,7,11H2,1-2H3. The smallest absolute Gasteiger partial charge is 0.121 e. The van der Waals surface area contributed by atoms with Crippen molar-refractivity contribution in [3.63, 3.8) is 0 Å². The Labute approximate surface area is 84.0 Å². The molecule has 0 saturated heterocycles. The molecule has 14 heavy (non-hydrogen) atoms. The quantitative estimate of drug-likeness (QED) is 0.786. The fourth-order valence-electron chi connectivity index (χ4n) is 1.98. The Morgan fingerprint density at radius 3 is 2.71 bits per heavy atom. The molecule has 0 bridgehead atoms. The van der Waals surface area contributed by atoms with Crippen LogP contribution in [0.15, 0.2) is 6.07 Å². The van der Waals surface area contributed by atoms with Crippen molar-refractivity contribution in [1.29, 1.82) is 0 Å². The number of aryl methyl sites for hydroxylation is 1. The second kappa shape index (κ2) is 3.28. The van der Waals surface area contributed by atoms with Gasteiger partial charge in [0.25, 0.3) is 0 Å². The van der Waals surface area contributed by atoms with Crippen LogP contribution < -0.4 is 5.73 Å². The fraction of sp³-hybridized carbons (Fsp3) is 0.700. The molecule has 0 aromatic carbocycles. The molecule has 4 heteroatoms. The summed E-state index contributed by atoms with van der Waals surface area (Å²) in [6.07, 6.45) is 4.42. The molecule has 2 rings (SSSR count). The van der Waals surface area contributed by atoms with Gasteiger partial charge in [0.1, 0.15) is 5.82 Å². The average Bonchev–Trinajstić information content (AvgIpc) is 2.39. The van der Waals surface area contributed by atoms with Crippen LogP contribution in [-0.2, 0) is 18.2 Å². The van der Waals surface area contributed by atoms with Crippen LogP contribution in [0.5, 0.6) is 0 Å². The number of hydrogen-bond donors (Lipinski definition) is 1. The first-order chi connectivity index (χ1) is 6.65. The van der Waals surface area contributed by atoms with E-state index in [1.807, 2.05) is 13.1 Å². The van der Waals surface area contributed by atoms with E-state index < -0.39 is 0 Å². The zero-order valence-corrected chi connectivity index (χ0v) is 8.79. The first kappa shape index (κ1) is 9.52. The summed E-state index contributed by atoms with van der Waals surface area (Å²) < 4.78 is 7.24. The van der Waals surface area contributed by atoms with Crippen LogP contribution in [0.1, 0.15) is 25.0 Å². The lowest BCUT2D eigenvalue weighted by Crippen LogP contribution is -2.41. The average molecular weight is 195 g/mol. The van der Waals surface area contributed by atoms with Crippen molar-refractivity contribution in [3.8, 4) is 0 Å². The van der Waals surface area contributed by atoms with Gasteiger partial charge in [-0.1, -0.05) is 0 Å². The van der Waals surface area contributed by atoms with Crippen LogP contribution in [0, 0.1) is 0 Å². The molecule has 1 saturated carbocycles. The van der Waals surface area contributed by atoms with Gasteiger partial charge in [-0.2, -0.15) is 5.10 Å². The molecule has 1 aromatic rings. The summed E-state index contributed by atoms with van der Waals surface area (Å²) in [7, 11) is 3.64. The minimum Gasteiger partial charge on any atom is -0.384 e. The molecule has 4 nitrogen and oxygen atoms in total. The van der Waals surface area contributed by atoms with Crippen molar-refractivity contribution in [2.75, 3.05) is 12.8 Å². The molecule has 78 valence electrons. The summed E-state index contributed by atoms with van der Waals surface area (Å²) in [5.74, 6) is 0.713. The van der Waals surface area contributed by atoms with Gasteiger partial charge in [0.15, 0.2) is 0 Å². The maximum Gasteiger partial charge on any atom is 0.121 e. The number of ether oxygens (including phenoxy) is 1. The van der Waals surface area contributed by atoms with E-state index in [1.165, 1.54) is 6.42 Å². The van der Waals surface area contributed by atoms with Crippen LogP contribution in [0.4, 0.5) is 5.82 Å². The van der Waals surface area contributed by atoms with Crippen LogP contribution in [0.3, 0.4) is 0 Å². The van der Waals surface area contributed by atoms with Crippen LogP contribution in [-0.4, -0.2) is 22.5 Å². The van der Waals surface area contributed by atoms with E-state index in [9.17, 15) is 0 Å². The minimum atomic E-state index is 0.0425. The number of anilines is 1. The van der Waals surface area contributed by atoms with Crippen molar-refractivity contribution in [3.05, 3.63) is 11.8 Å².